The van der Waals surface area contributed by atoms with Crippen LogP contribution >= 0.6 is 15.9 Å². The molecular formula is C21H23BrN2O3. The molecule has 1 heterocycles. The van der Waals surface area contributed by atoms with E-state index < -0.39 is 12.1 Å². The smallest absolute Gasteiger partial charge is 0.410 e. The van der Waals surface area contributed by atoms with Crippen LogP contribution in [0.1, 0.15) is 33.9 Å². The lowest BCUT2D eigenvalue weighted by Gasteiger charge is -2.35. The molecule has 2 aromatic rings. The Morgan fingerprint density at radius 2 is 1.81 bits per heavy atom. The zero-order chi connectivity index (χ0) is 19.7. The summed E-state index contributed by atoms with van der Waals surface area (Å²) < 4.78 is 5.79. The number of aryl methyl sites for hydroxylation is 3. The Hall–Kier alpha value is -2.34. The number of rotatable bonds is 2. The van der Waals surface area contributed by atoms with Crippen LogP contribution in [-0.2, 0) is 16.0 Å². The second kappa shape index (κ2) is 7.72. The standard InChI is InChI=1S/C21H23BrN2O3/c1-12-9-13(2)18(14(3)10-12)23-20(25)19-17-11-16(22)6-5-15(17)7-8-24(19)21(26)27-4/h5-6,9-11,19H,7-8H2,1-4H3,(H,23,25). The highest BCUT2D eigenvalue weighted by molar-refractivity contribution is 9.10. The summed E-state index contributed by atoms with van der Waals surface area (Å²) in [4.78, 5) is 27.1. The van der Waals surface area contributed by atoms with E-state index in [1.807, 2.05) is 51.1 Å². The molecule has 1 N–H and O–H groups in total. The number of nitrogens with zero attached hydrogens (tertiary/aromatic N) is 1. The van der Waals surface area contributed by atoms with Crippen molar-refractivity contribution in [3.8, 4) is 0 Å². The summed E-state index contributed by atoms with van der Waals surface area (Å²) >= 11 is 3.47. The van der Waals surface area contributed by atoms with Gasteiger partial charge in [0, 0.05) is 16.7 Å². The van der Waals surface area contributed by atoms with Crippen molar-refractivity contribution in [1.29, 1.82) is 0 Å². The molecule has 0 fully saturated rings. The minimum absolute atomic E-state index is 0.241. The number of carbonyl (C=O) groups is 2. The van der Waals surface area contributed by atoms with E-state index in [4.69, 9.17) is 4.74 Å². The van der Waals surface area contributed by atoms with E-state index in [1.165, 1.54) is 12.0 Å². The minimum atomic E-state index is -0.737. The molecule has 142 valence electrons. The highest BCUT2D eigenvalue weighted by Crippen LogP contribution is 2.34. The highest BCUT2D eigenvalue weighted by Gasteiger charge is 2.37. The van der Waals surface area contributed by atoms with Gasteiger partial charge in [0.1, 0.15) is 6.04 Å². The summed E-state index contributed by atoms with van der Waals surface area (Å²) in [5, 5.41) is 3.04. The molecule has 0 bridgehead atoms. The lowest BCUT2D eigenvalue weighted by atomic mass is 9.92. The molecule has 1 atom stereocenters. The lowest BCUT2D eigenvalue weighted by molar-refractivity contribution is -0.121. The number of ether oxygens (including phenoxy) is 1. The minimum Gasteiger partial charge on any atom is -0.453 e. The lowest BCUT2D eigenvalue weighted by Crippen LogP contribution is -2.45. The van der Waals surface area contributed by atoms with Gasteiger partial charge in [0.25, 0.3) is 5.91 Å². The molecule has 0 radical (unpaired) electrons. The van der Waals surface area contributed by atoms with Crippen molar-refractivity contribution < 1.29 is 14.3 Å². The molecule has 2 aromatic carbocycles. The number of fused-ring (bicyclic) bond motifs is 1. The zero-order valence-corrected chi connectivity index (χ0v) is 17.5. The maximum Gasteiger partial charge on any atom is 0.410 e. The second-order valence-electron chi connectivity index (χ2n) is 6.92. The van der Waals surface area contributed by atoms with Gasteiger partial charge in [-0.1, -0.05) is 39.7 Å². The number of hydrogen-bond acceptors (Lipinski definition) is 3. The third-order valence-corrected chi connectivity index (χ3v) is 5.41. The van der Waals surface area contributed by atoms with Crippen LogP contribution in [0.3, 0.4) is 0 Å². The van der Waals surface area contributed by atoms with Crippen LogP contribution in [0.5, 0.6) is 0 Å². The van der Waals surface area contributed by atoms with E-state index >= 15 is 0 Å². The number of amides is 2. The van der Waals surface area contributed by atoms with Crippen molar-refractivity contribution in [2.24, 2.45) is 0 Å². The van der Waals surface area contributed by atoms with Gasteiger partial charge in [0.15, 0.2) is 0 Å². The van der Waals surface area contributed by atoms with E-state index in [9.17, 15) is 9.59 Å². The molecule has 1 unspecified atom stereocenters. The molecule has 1 aliphatic rings. The van der Waals surface area contributed by atoms with Crippen molar-refractivity contribution in [2.45, 2.75) is 33.2 Å². The van der Waals surface area contributed by atoms with Crippen LogP contribution in [0.4, 0.5) is 10.5 Å². The monoisotopic (exact) mass is 430 g/mol. The van der Waals surface area contributed by atoms with Crippen molar-refractivity contribution in [3.05, 3.63) is 62.6 Å². The van der Waals surface area contributed by atoms with E-state index in [0.717, 1.165) is 38.0 Å². The Bertz CT molecular complexity index is 887. The van der Waals surface area contributed by atoms with Gasteiger partial charge >= 0.3 is 6.09 Å². The third kappa shape index (κ3) is 3.86. The molecule has 5 nitrogen and oxygen atoms in total. The van der Waals surface area contributed by atoms with Crippen molar-refractivity contribution in [3.63, 3.8) is 0 Å². The summed E-state index contributed by atoms with van der Waals surface area (Å²) in [7, 11) is 1.34. The summed E-state index contributed by atoms with van der Waals surface area (Å²) in [5.74, 6) is -0.241. The van der Waals surface area contributed by atoms with E-state index in [0.29, 0.717) is 13.0 Å². The summed E-state index contributed by atoms with van der Waals surface area (Å²) in [6, 6.07) is 9.19. The Morgan fingerprint density at radius 1 is 1.15 bits per heavy atom. The van der Waals surface area contributed by atoms with Gasteiger partial charge in [-0.15, -0.1) is 0 Å². The quantitative estimate of drug-likeness (QED) is 0.752. The van der Waals surface area contributed by atoms with Gasteiger partial charge in [-0.25, -0.2) is 4.79 Å². The first-order chi connectivity index (χ1) is 12.8. The van der Waals surface area contributed by atoms with E-state index in [2.05, 4.69) is 21.2 Å². The fourth-order valence-corrected chi connectivity index (χ4v) is 4.13. The first kappa shape index (κ1) is 19.4. The number of hydrogen-bond donors (Lipinski definition) is 1. The van der Waals surface area contributed by atoms with Crippen LogP contribution in [0.25, 0.3) is 0 Å². The summed E-state index contributed by atoms with van der Waals surface area (Å²) in [6.45, 7) is 6.41. The normalized spacial score (nSPS) is 15.9. The first-order valence-corrected chi connectivity index (χ1v) is 9.62. The van der Waals surface area contributed by atoms with Gasteiger partial charge in [0.05, 0.1) is 7.11 Å². The average Bonchev–Trinajstić information content (AvgIpc) is 2.62. The molecule has 0 aromatic heterocycles. The molecule has 0 aliphatic carbocycles. The molecule has 0 spiro atoms. The fourth-order valence-electron chi connectivity index (χ4n) is 3.75. The molecule has 2 amide bonds. The molecule has 3 rings (SSSR count). The van der Waals surface area contributed by atoms with E-state index in [-0.39, 0.29) is 5.91 Å². The first-order valence-electron chi connectivity index (χ1n) is 8.83. The van der Waals surface area contributed by atoms with Gasteiger partial charge in [-0.2, -0.15) is 0 Å². The van der Waals surface area contributed by atoms with Crippen LogP contribution in [0.15, 0.2) is 34.8 Å². The number of methoxy groups -OCH3 is 1. The third-order valence-electron chi connectivity index (χ3n) is 4.92. The maximum absolute atomic E-state index is 13.3. The number of nitrogens with one attached hydrogen (secondary N) is 1. The van der Waals surface area contributed by atoms with Crippen molar-refractivity contribution in [2.75, 3.05) is 19.0 Å². The van der Waals surface area contributed by atoms with Crippen molar-refractivity contribution >= 4 is 33.6 Å². The predicted molar refractivity (Wildman–Crippen MR) is 109 cm³/mol. The molecule has 0 saturated carbocycles. The Morgan fingerprint density at radius 3 is 2.44 bits per heavy atom. The predicted octanol–water partition coefficient (Wildman–Crippen LogP) is 4.68. The highest BCUT2D eigenvalue weighted by atomic mass is 79.9. The number of halogens is 1. The summed E-state index contributed by atoms with van der Waals surface area (Å²) in [5.41, 5.74) is 5.81. The average molecular weight is 431 g/mol. The van der Waals surface area contributed by atoms with Gasteiger partial charge < -0.3 is 10.1 Å². The number of carbonyl (C=O) groups excluding carboxylic acids is 2. The Balaban J connectivity index is 2.02. The molecule has 0 saturated heterocycles. The van der Waals surface area contributed by atoms with Crippen LogP contribution in [0.2, 0.25) is 0 Å². The molecular weight excluding hydrogens is 408 g/mol. The molecule has 1 aliphatic heterocycles. The largest absolute Gasteiger partial charge is 0.453 e. The van der Waals surface area contributed by atoms with Crippen molar-refractivity contribution in [1.82, 2.24) is 4.90 Å². The van der Waals surface area contributed by atoms with Crippen LogP contribution in [0, 0.1) is 20.8 Å². The maximum atomic E-state index is 13.3. The fraction of sp³-hybridized carbons (Fsp3) is 0.333. The second-order valence-corrected chi connectivity index (χ2v) is 7.84. The number of benzene rings is 2. The Kier molecular flexibility index (Phi) is 5.56. The topological polar surface area (TPSA) is 58.6 Å². The SMILES string of the molecule is COC(=O)N1CCc2ccc(Br)cc2C1C(=O)Nc1c(C)cc(C)cc1C. The zero-order valence-electron chi connectivity index (χ0n) is 15.9. The molecule has 6 heteroatoms. The Labute approximate surface area is 167 Å². The number of anilines is 1. The van der Waals surface area contributed by atoms with E-state index in [1.54, 1.807) is 0 Å². The van der Waals surface area contributed by atoms with Crippen LogP contribution < -0.4 is 5.32 Å². The van der Waals surface area contributed by atoms with Crippen LogP contribution in [-0.4, -0.2) is 30.6 Å². The van der Waals surface area contributed by atoms with Gasteiger partial charge in [-0.05, 0) is 61.6 Å². The van der Waals surface area contributed by atoms with Gasteiger partial charge in [0.2, 0.25) is 0 Å². The molecule has 27 heavy (non-hydrogen) atoms. The summed E-state index contributed by atoms with van der Waals surface area (Å²) in [6.07, 6.45) is 0.183. The van der Waals surface area contributed by atoms with Gasteiger partial charge in [-0.3, -0.25) is 9.69 Å².